The predicted molar refractivity (Wildman–Crippen MR) is 163 cm³/mol. The van der Waals surface area contributed by atoms with Crippen molar-refractivity contribution in [3.63, 3.8) is 0 Å². The van der Waals surface area contributed by atoms with Gasteiger partial charge in [0.05, 0.1) is 0 Å². The third kappa shape index (κ3) is 7.65. The van der Waals surface area contributed by atoms with E-state index < -0.39 is 0 Å². The molecule has 0 saturated carbocycles. The van der Waals surface area contributed by atoms with Gasteiger partial charge in [-0.3, -0.25) is 0 Å². The molecule has 38 heavy (non-hydrogen) atoms. The molecule has 0 aliphatic carbocycles. The average molecular weight is 515 g/mol. The van der Waals surface area contributed by atoms with E-state index in [-0.39, 0.29) is 10.8 Å². The van der Waals surface area contributed by atoms with Crippen molar-refractivity contribution in [1.29, 1.82) is 0 Å². The largest absolute Gasteiger partial charge is 0.489 e. The van der Waals surface area contributed by atoms with Gasteiger partial charge in [0.15, 0.2) is 0 Å². The second-order valence-electron chi connectivity index (χ2n) is 13.0. The number of hydrogen-bond acceptors (Lipinski definition) is 2. The van der Waals surface area contributed by atoms with E-state index in [1.54, 1.807) is 0 Å². The van der Waals surface area contributed by atoms with Crippen LogP contribution in [0, 0.1) is 0 Å². The van der Waals surface area contributed by atoms with Crippen molar-refractivity contribution in [2.75, 3.05) is 0 Å². The lowest BCUT2D eigenvalue weighted by molar-refractivity contribution is 0.283. The lowest BCUT2D eigenvalue weighted by Gasteiger charge is -2.29. The summed E-state index contributed by atoms with van der Waals surface area (Å²) in [6, 6.07) is 22.2. The van der Waals surface area contributed by atoms with Gasteiger partial charge in [-0.2, -0.15) is 0 Å². The lowest BCUT2D eigenvalue weighted by atomic mass is 9.81. The molecule has 0 aliphatic heterocycles. The molecule has 0 fully saturated rings. The second kappa shape index (κ2) is 12.4. The Kier molecular flexibility index (Phi) is 9.74. The van der Waals surface area contributed by atoms with Crippen LogP contribution < -0.4 is 9.47 Å². The van der Waals surface area contributed by atoms with Gasteiger partial charge >= 0.3 is 0 Å². The Morgan fingerprint density at radius 2 is 0.868 bits per heavy atom. The summed E-state index contributed by atoms with van der Waals surface area (Å²) in [5.74, 6) is 3.05. The van der Waals surface area contributed by atoms with E-state index in [4.69, 9.17) is 9.47 Å². The van der Waals surface area contributed by atoms with Crippen LogP contribution in [0.15, 0.2) is 60.7 Å². The fraction of sp³-hybridized carbons (Fsp3) is 0.500. The normalized spacial score (nSPS) is 13.7. The Morgan fingerprint density at radius 1 is 0.553 bits per heavy atom. The maximum Gasteiger partial charge on any atom is 0.124 e. The standard InChI is InChI=1S/C36H50O2/c1-11-25(3)29-17-13-27(14-18-29)23-37-33-21-32(36(8,9)10)34(22-31(33)35(5,6)7)38-24-28-15-19-30(20-16-28)26(4)12-2/h13-22,25-26H,11-12,23-24H2,1-10H3. The molecule has 3 aromatic carbocycles. The van der Waals surface area contributed by atoms with Gasteiger partial charge in [0.2, 0.25) is 0 Å². The number of benzene rings is 3. The quantitative estimate of drug-likeness (QED) is 0.268. The summed E-state index contributed by atoms with van der Waals surface area (Å²) in [6.45, 7) is 23.6. The summed E-state index contributed by atoms with van der Waals surface area (Å²) in [4.78, 5) is 0. The molecule has 2 heteroatoms. The maximum atomic E-state index is 6.52. The minimum Gasteiger partial charge on any atom is -0.489 e. The maximum absolute atomic E-state index is 6.52. The molecule has 2 atom stereocenters. The van der Waals surface area contributed by atoms with Crippen LogP contribution in [0.4, 0.5) is 0 Å². The average Bonchev–Trinajstić information content (AvgIpc) is 2.89. The first-order valence-electron chi connectivity index (χ1n) is 14.5. The Labute approximate surface area is 232 Å². The van der Waals surface area contributed by atoms with Gasteiger partial charge in [-0.05, 0) is 69.9 Å². The third-order valence-corrected chi connectivity index (χ3v) is 7.81. The molecule has 0 saturated heterocycles. The van der Waals surface area contributed by atoms with Crippen LogP contribution >= 0.6 is 0 Å². The molecule has 206 valence electrons. The molecule has 0 aliphatic rings. The van der Waals surface area contributed by atoms with E-state index in [1.807, 2.05) is 0 Å². The van der Waals surface area contributed by atoms with Crippen molar-refractivity contribution in [3.05, 3.63) is 94.0 Å². The van der Waals surface area contributed by atoms with E-state index >= 15 is 0 Å². The van der Waals surface area contributed by atoms with Crippen LogP contribution in [-0.4, -0.2) is 0 Å². The number of ether oxygens (including phenoxy) is 2. The minimum absolute atomic E-state index is 0.0811. The molecular weight excluding hydrogens is 464 g/mol. The van der Waals surface area contributed by atoms with Gasteiger partial charge in [-0.25, -0.2) is 0 Å². The Bertz CT molecular complexity index is 1060. The Hall–Kier alpha value is -2.74. The molecule has 0 bridgehead atoms. The molecule has 0 heterocycles. The predicted octanol–water partition coefficient (Wildman–Crippen LogP) is 10.5. The zero-order valence-corrected chi connectivity index (χ0v) is 25.6. The highest BCUT2D eigenvalue weighted by atomic mass is 16.5. The topological polar surface area (TPSA) is 18.5 Å². The molecule has 0 N–H and O–H groups in total. The van der Waals surface area contributed by atoms with Crippen molar-refractivity contribution in [3.8, 4) is 11.5 Å². The highest BCUT2D eigenvalue weighted by Crippen LogP contribution is 2.42. The highest BCUT2D eigenvalue weighted by Gasteiger charge is 2.27. The summed E-state index contributed by atoms with van der Waals surface area (Å²) in [5, 5.41) is 0. The lowest BCUT2D eigenvalue weighted by Crippen LogP contribution is -2.18. The van der Waals surface area contributed by atoms with E-state index in [0.29, 0.717) is 25.0 Å². The Balaban J connectivity index is 1.88. The van der Waals surface area contributed by atoms with E-state index in [1.165, 1.54) is 33.4 Å². The van der Waals surface area contributed by atoms with Gasteiger partial charge in [-0.1, -0.05) is 118 Å². The van der Waals surface area contributed by atoms with Gasteiger partial charge < -0.3 is 9.47 Å². The SMILES string of the molecule is CCC(C)c1ccc(COc2cc(C(C)(C)C)c(OCc3ccc(C(C)CC)cc3)cc2C(C)(C)C)cc1. The molecule has 2 unspecified atom stereocenters. The van der Waals surface area contributed by atoms with Crippen molar-refractivity contribution in [2.45, 2.75) is 118 Å². The smallest absolute Gasteiger partial charge is 0.124 e. The first-order valence-corrected chi connectivity index (χ1v) is 14.5. The molecule has 3 rings (SSSR count). The summed E-state index contributed by atoms with van der Waals surface area (Å²) in [6.07, 6.45) is 2.30. The number of hydrogen-bond donors (Lipinski definition) is 0. The van der Waals surface area contributed by atoms with Crippen LogP contribution in [0.1, 0.15) is 127 Å². The Morgan fingerprint density at radius 3 is 1.13 bits per heavy atom. The van der Waals surface area contributed by atoms with Crippen LogP contribution in [0.3, 0.4) is 0 Å². The monoisotopic (exact) mass is 514 g/mol. The molecular formula is C36H50O2. The van der Waals surface area contributed by atoms with Crippen LogP contribution in [0.5, 0.6) is 11.5 Å². The third-order valence-electron chi connectivity index (χ3n) is 7.81. The van der Waals surface area contributed by atoms with Crippen molar-refractivity contribution >= 4 is 0 Å². The summed E-state index contributed by atoms with van der Waals surface area (Å²) < 4.78 is 13.0. The second-order valence-corrected chi connectivity index (χ2v) is 13.0. The first-order chi connectivity index (χ1) is 17.8. The molecule has 2 nitrogen and oxygen atoms in total. The summed E-state index contributed by atoms with van der Waals surface area (Å²) in [5.41, 5.74) is 7.33. The van der Waals surface area contributed by atoms with E-state index in [9.17, 15) is 0 Å². The molecule has 0 spiro atoms. The van der Waals surface area contributed by atoms with Gasteiger partial charge in [-0.15, -0.1) is 0 Å². The van der Waals surface area contributed by atoms with Crippen molar-refractivity contribution in [2.24, 2.45) is 0 Å². The van der Waals surface area contributed by atoms with Crippen LogP contribution in [-0.2, 0) is 24.0 Å². The molecule has 0 amide bonds. The summed E-state index contributed by atoms with van der Waals surface area (Å²) in [7, 11) is 0. The first kappa shape index (κ1) is 29.8. The van der Waals surface area contributed by atoms with Gasteiger partial charge in [0, 0.05) is 11.1 Å². The highest BCUT2D eigenvalue weighted by molar-refractivity contribution is 5.52. The zero-order valence-electron chi connectivity index (χ0n) is 25.6. The molecule has 0 radical (unpaired) electrons. The van der Waals surface area contributed by atoms with Gasteiger partial charge in [0.1, 0.15) is 24.7 Å². The van der Waals surface area contributed by atoms with Gasteiger partial charge in [0.25, 0.3) is 0 Å². The summed E-state index contributed by atoms with van der Waals surface area (Å²) >= 11 is 0. The van der Waals surface area contributed by atoms with E-state index in [0.717, 1.165) is 24.3 Å². The fourth-order valence-electron chi connectivity index (χ4n) is 4.65. The van der Waals surface area contributed by atoms with Crippen LogP contribution in [0.25, 0.3) is 0 Å². The van der Waals surface area contributed by atoms with Crippen molar-refractivity contribution < 1.29 is 9.47 Å². The number of rotatable bonds is 10. The minimum atomic E-state index is -0.0811. The molecule has 3 aromatic rings. The fourth-order valence-corrected chi connectivity index (χ4v) is 4.65. The molecule has 0 aromatic heterocycles. The van der Waals surface area contributed by atoms with Crippen molar-refractivity contribution in [1.82, 2.24) is 0 Å². The zero-order chi connectivity index (χ0) is 28.1. The van der Waals surface area contributed by atoms with Crippen LogP contribution in [0.2, 0.25) is 0 Å². The van der Waals surface area contributed by atoms with E-state index in [2.05, 4.69) is 130 Å².